The summed E-state index contributed by atoms with van der Waals surface area (Å²) in [7, 11) is 0. The van der Waals surface area contributed by atoms with Crippen molar-refractivity contribution in [3.8, 4) is 0 Å². The van der Waals surface area contributed by atoms with Gasteiger partial charge in [-0.15, -0.1) is 0 Å². The Balaban J connectivity index is 1.98. The average molecular weight is 339 g/mol. The van der Waals surface area contributed by atoms with Crippen molar-refractivity contribution in [2.75, 3.05) is 0 Å². The number of benzene rings is 2. The molecule has 3 aromatic rings. The van der Waals surface area contributed by atoms with Crippen molar-refractivity contribution in [3.05, 3.63) is 71.2 Å². The molecule has 1 atom stereocenters. The molecule has 0 fully saturated rings. The molecule has 1 aromatic heterocycles. The highest BCUT2D eigenvalue weighted by molar-refractivity contribution is 5.99. The van der Waals surface area contributed by atoms with Gasteiger partial charge in [0, 0.05) is 23.5 Å². The van der Waals surface area contributed by atoms with Gasteiger partial charge in [-0.2, -0.15) is 0 Å². The van der Waals surface area contributed by atoms with Gasteiger partial charge in [-0.1, -0.05) is 37.3 Å². The summed E-state index contributed by atoms with van der Waals surface area (Å²) < 4.78 is 19.3. The van der Waals surface area contributed by atoms with Crippen LogP contribution < -0.4 is 0 Å². The number of carbonyl (C=O) groups excluding carboxylic acids is 1. The zero-order valence-corrected chi connectivity index (χ0v) is 14.8. The molecule has 0 bridgehead atoms. The quantitative estimate of drug-likeness (QED) is 0.630. The Morgan fingerprint density at radius 3 is 2.60 bits per heavy atom. The van der Waals surface area contributed by atoms with Gasteiger partial charge in [0.1, 0.15) is 11.4 Å². The third kappa shape index (κ3) is 3.43. The number of rotatable bonds is 5. The van der Waals surface area contributed by atoms with Crippen molar-refractivity contribution in [1.29, 1.82) is 0 Å². The molecule has 0 saturated carbocycles. The van der Waals surface area contributed by atoms with Crippen LogP contribution in [0.3, 0.4) is 0 Å². The van der Waals surface area contributed by atoms with Crippen molar-refractivity contribution in [2.24, 2.45) is 0 Å². The van der Waals surface area contributed by atoms with Gasteiger partial charge in [0.2, 0.25) is 0 Å². The molecule has 1 amide bonds. The number of furan rings is 1. The Morgan fingerprint density at radius 2 is 1.92 bits per heavy atom. The molecule has 0 aliphatic heterocycles. The van der Waals surface area contributed by atoms with E-state index >= 15 is 0 Å². The second-order valence-corrected chi connectivity index (χ2v) is 6.37. The first kappa shape index (κ1) is 17.2. The standard InChI is InChI=1S/C21H22FNO2/c1-4-14(2)23(13-16-8-6-5-7-9-16)21(24)20-15(3)18-12-17(22)10-11-19(18)25-20/h5-12,14H,4,13H2,1-3H3. The smallest absolute Gasteiger partial charge is 0.290 e. The summed E-state index contributed by atoms with van der Waals surface area (Å²) in [6.45, 7) is 6.39. The van der Waals surface area contributed by atoms with E-state index in [1.807, 2.05) is 42.2 Å². The Labute approximate surface area is 147 Å². The normalized spacial score (nSPS) is 12.3. The number of fused-ring (bicyclic) bond motifs is 1. The number of hydrogen-bond donors (Lipinski definition) is 0. The zero-order chi connectivity index (χ0) is 18.0. The number of halogens is 1. The lowest BCUT2D eigenvalue weighted by Gasteiger charge is -2.28. The summed E-state index contributed by atoms with van der Waals surface area (Å²) in [6.07, 6.45) is 0.840. The molecule has 0 aliphatic carbocycles. The van der Waals surface area contributed by atoms with Gasteiger partial charge in [-0.25, -0.2) is 4.39 Å². The molecule has 1 unspecified atom stereocenters. The molecule has 2 aromatic carbocycles. The minimum absolute atomic E-state index is 0.0667. The summed E-state index contributed by atoms with van der Waals surface area (Å²) in [5, 5.41) is 0.646. The van der Waals surface area contributed by atoms with Crippen LogP contribution in [0.25, 0.3) is 11.0 Å². The first-order valence-corrected chi connectivity index (χ1v) is 8.54. The highest BCUT2D eigenvalue weighted by Gasteiger charge is 2.26. The predicted molar refractivity (Wildman–Crippen MR) is 97.0 cm³/mol. The number of nitrogens with zero attached hydrogens (tertiary/aromatic N) is 1. The SMILES string of the molecule is CCC(C)N(Cc1ccccc1)C(=O)c1oc2ccc(F)cc2c1C. The summed E-state index contributed by atoms with van der Waals surface area (Å²) in [5.74, 6) is -0.206. The molecule has 4 heteroatoms. The molecule has 3 nitrogen and oxygen atoms in total. The Kier molecular flexibility index (Phi) is 4.88. The van der Waals surface area contributed by atoms with Crippen LogP contribution in [0.2, 0.25) is 0 Å². The first-order chi connectivity index (χ1) is 12.0. The summed E-state index contributed by atoms with van der Waals surface area (Å²) in [6, 6.07) is 14.3. The van der Waals surface area contributed by atoms with E-state index in [4.69, 9.17) is 4.42 Å². The molecule has 0 radical (unpaired) electrons. The van der Waals surface area contributed by atoms with Crippen LogP contribution in [-0.4, -0.2) is 16.8 Å². The molecule has 25 heavy (non-hydrogen) atoms. The zero-order valence-electron chi connectivity index (χ0n) is 14.8. The molecule has 0 saturated heterocycles. The summed E-state index contributed by atoms with van der Waals surface area (Å²) >= 11 is 0. The molecular formula is C21H22FNO2. The van der Waals surface area contributed by atoms with Crippen LogP contribution >= 0.6 is 0 Å². The maximum absolute atomic E-state index is 13.5. The van der Waals surface area contributed by atoms with Crippen LogP contribution in [0, 0.1) is 12.7 Å². The minimum Gasteiger partial charge on any atom is -0.451 e. The second kappa shape index (κ2) is 7.09. The van der Waals surface area contributed by atoms with E-state index in [2.05, 4.69) is 6.92 Å². The van der Waals surface area contributed by atoms with Crippen LogP contribution in [0.15, 0.2) is 52.9 Å². The predicted octanol–water partition coefficient (Wildman–Crippen LogP) is 5.32. The fourth-order valence-electron chi connectivity index (χ4n) is 2.96. The molecular weight excluding hydrogens is 317 g/mol. The average Bonchev–Trinajstić information content (AvgIpc) is 2.95. The van der Waals surface area contributed by atoms with Gasteiger partial charge in [0.15, 0.2) is 5.76 Å². The van der Waals surface area contributed by atoms with Gasteiger partial charge in [-0.05, 0) is 44.0 Å². The number of hydrogen-bond acceptors (Lipinski definition) is 2. The topological polar surface area (TPSA) is 33.5 Å². The maximum atomic E-state index is 13.5. The number of amides is 1. The van der Waals surface area contributed by atoms with Gasteiger partial charge in [0.25, 0.3) is 5.91 Å². The van der Waals surface area contributed by atoms with Crippen molar-refractivity contribution < 1.29 is 13.6 Å². The summed E-state index contributed by atoms with van der Waals surface area (Å²) in [4.78, 5) is 15.0. The van der Waals surface area contributed by atoms with E-state index in [-0.39, 0.29) is 23.5 Å². The summed E-state index contributed by atoms with van der Waals surface area (Å²) in [5.41, 5.74) is 2.28. The van der Waals surface area contributed by atoms with Crippen molar-refractivity contribution in [1.82, 2.24) is 4.90 Å². The van der Waals surface area contributed by atoms with Crippen LogP contribution in [0.1, 0.15) is 41.9 Å². The Bertz CT molecular complexity index is 886. The molecule has 0 N–H and O–H groups in total. The van der Waals surface area contributed by atoms with Gasteiger partial charge < -0.3 is 9.32 Å². The molecule has 0 spiro atoms. The lowest BCUT2D eigenvalue weighted by atomic mass is 10.1. The highest BCUT2D eigenvalue weighted by Crippen LogP contribution is 2.28. The van der Waals surface area contributed by atoms with Gasteiger partial charge >= 0.3 is 0 Å². The maximum Gasteiger partial charge on any atom is 0.290 e. The van der Waals surface area contributed by atoms with Crippen LogP contribution in [0.5, 0.6) is 0 Å². The van der Waals surface area contributed by atoms with Crippen molar-refractivity contribution in [3.63, 3.8) is 0 Å². The third-order valence-corrected chi connectivity index (χ3v) is 4.67. The van der Waals surface area contributed by atoms with Gasteiger partial charge in [0.05, 0.1) is 0 Å². The molecule has 3 rings (SSSR count). The molecule has 0 aliphatic rings. The van der Waals surface area contributed by atoms with Crippen LogP contribution in [0.4, 0.5) is 4.39 Å². The lowest BCUT2D eigenvalue weighted by Crippen LogP contribution is -2.37. The third-order valence-electron chi connectivity index (χ3n) is 4.67. The Hall–Kier alpha value is -2.62. The molecule has 1 heterocycles. The minimum atomic E-state index is -0.335. The van der Waals surface area contributed by atoms with Crippen LogP contribution in [-0.2, 0) is 6.54 Å². The fourth-order valence-corrected chi connectivity index (χ4v) is 2.96. The number of carbonyl (C=O) groups is 1. The largest absolute Gasteiger partial charge is 0.451 e. The van der Waals surface area contributed by atoms with E-state index in [1.54, 1.807) is 13.0 Å². The number of aryl methyl sites for hydroxylation is 1. The highest BCUT2D eigenvalue weighted by atomic mass is 19.1. The van der Waals surface area contributed by atoms with Gasteiger partial charge in [-0.3, -0.25) is 4.79 Å². The first-order valence-electron chi connectivity index (χ1n) is 8.54. The van der Waals surface area contributed by atoms with Crippen molar-refractivity contribution >= 4 is 16.9 Å². The Morgan fingerprint density at radius 1 is 1.20 bits per heavy atom. The second-order valence-electron chi connectivity index (χ2n) is 6.37. The lowest BCUT2D eigenvalue weighted by molar-refractivity contribution is 0.0640. The van der Waals surface area contributed by atoms with E-state index < -0.39 is 0 Å². The van der Waals surface area contributed by atoms with E-state index in [0.717, 1.165) is 12.0 Å². The fraction of sp³-hybridized carbons (Fsp3) is 0.286. The monoisotopic (exact) mass is 339 g/mol. The molecule has 130 valence electrons. The van der Waals surface area contributed by atoms with E-state index in [0.29, 0.717) is 23.1 Å². The van der Waals surface area contributed by atoms with E-state index in [1.165, 1.54) is 12.1 Å². The van der Waals surface area contributed by atoms with E-state index in [9.17, 15) is 9.18 Å². The van der Waals surface area contributed by atoms with Crippen molar-refractivity contribution in [2.45, 2.75) is 39.8 Å².